The number of benzene rings is 3. The number of hydrogen-bond donors (Lipinski definition) is 1. The minimum absolute atomic E-state index is 0.119. The average molecular weight is 427 g/mol. The lowest BCUT2D eigenvalue weighted by molar-refractivity contribution is -0.113. The fraction of sp³-hybridized carbons (Fsp3) is 0.136. The van der Waals surface area contributed by atoms with E-state index in [0.29, 0.717) is 11.4 Å². The van der Waals surface area contributed by atoms with E-state index >= 15 is 0 Å². The average Bonchev–Trinajstić information content (AvgIpc) is 2.73. The Kier molecular flexibility index (Phi) is 6.61. The minimum Gasteiger partial charge on any atom is -0.325 e. The summed E-state index contributed by atoms with van der Waals surface area (Å²) in [5, 5.41) is 2.78. The van der Waals surface area contributed by atoms with Crippen molar-refractivity contribution < 1.29 is 13.2 Å². The lowest BCUT2D eigenvalue weighted by Crippen LogP contribution is -2.26. The van der Waals surface area contributed by atoms with Gasteiger partial charge in [-0.25, -0.2) is 8.42 Å². The Morgan fingerprint density at radius 2 is 1.66 bits per heavy atom. The van der Waals surface area contributed by atoms with Gasteiger partial charge in [0, 0.05) is 17.6 Å². The predicted octanol–water partition coefficient (Wildman–Crippen LogP) is 4.55. The molecule has 3 aromatic rings. The van der Waals surface area contributed by atoms with Crippen molar-refractivity contribution in [2.24, 2.45) is 0 Å². The van der Waals surface area contributed by atoms with Crippen molar-refractivity contribution in [2.75, 3.05) is 22.4 Å². The maximum atomic E-state index is 12.9. The third-order valence-electron chi connectivity index (χ3n) is 4.35. The van der Waals surface area contributed by atoms with Gasteiger partial charge in [-0.15, -0.1) is 11.8 Å². The molecule has 7 heteroatoms. The molecule has 0 fully saturated rings. The number of nitrogens with one attached hydrogen (secondary N) is 1. The molecule has 0 aromatic heterocycles. The number of para-hydroxylation sites is 1. The van der Waals surface area contributed by atoms with Crippen molar-refractivity contribution in [1.82, 2.24) is 0 Å². The maximum absolute atomic E-state index is 12.9. The third-order valence-corrected chi connectivity index (χ3v) is 7.31. The summed E-state index contributed by atoms with van der Waals surface area (Å²) in [6.07, 6.45) is 0. The van der Waals surface area contributed by atoms with Crippen molar-refractivity contribution in [1.29, 1.82) is 0 Å². The van der Waals surface area contributed by atoms with Gasteiger partial charge in [0.1, 0.15) is 0 Å². The fourth-order valence-electron chi connectivity index (χ4n) is 2.73. The van der Waals surface area contributed by atoms with Crippen LogP contribution in [-0.4, -0.2) is 27.1 Å². The number of thioether (sulfide) groups is 1. The summed E-state index contributed by atoms with van der Waals surface area (Å²) in [5.74, 6) is 0.0513. The number of carbonyl (C=O) groups excluding carboxylic acids is 1. The molecule has 0 spiro atoms. The van der Waals surface area contributed by atoms with Crippen molar-refractivity contribution >= 4 is 39.1 Å². The van der Waals surface area contributed by atoms with Gasteiger partial charge in [-0.3, -0.25) is 9.10 Å². The molecule has 5 nitrogen and oxygen atoms in total. The molecule has 0 bridgehead atoms. The minimum atomic E-state index is -3.73. The Hall–Kier alpha value is -2.77. The fourth-order valence-corrected chi connectivity index (χ4v) is 4.80. The normalized spacial score (nSPS) is 11.1. The Morgan fingerprint density at radius 3 is 2.38 bits per heavy atom. The van der Waals surface area contributed by atoms with E-state index < -0.39 is 10.0 Å². The lowest BCUT2D eigenvalue weighted by atomic mass is 10.2. The standard InChI is InChI=1S/C22H22N2O3S2/c1-17-9-6-7-14-21(17)28-16-22(25)23-18-10-8-13-20(15-18)29(26,27)24(2)19-11-4-3-5-12-19/h3-15H,16H2,1-2H3,(H,23,25). The van der Waals surface area contributed by atoms with Crippen LogP contribution in [0, 0.1) is 6.92 Å². The van der Waals surface area contributed by atoms with Crippen molar-refractivity contribution in [3.05, 3.63) is 84.4 Å². The molecule has 0 radical (unpaired) electrons. The molecule has 0 saturated carbocycles. The summed E-state index contributed by atoms with van der Waals surface area (Å²) >= 11 is 1.45. The molecule has 0 aliphatic carbocycles. The van der Waals surface area contributed by atoms with E-state index in [0.717, 1.165) is 10.5 Å². The molecule has 0 saturated heterocycles. The molecule has 3 aromatic carbocycles. The second kappa shape index (κ2) is 9.15. The first kappa shape index (κ1) is 21.0. The molecule has 0 atom stereocenters. The Bertz CT molecular complexity index is 1100. The van der Waals surface area contributed by atoms with Crippen LogP contribution < -0.4 is 9.62 Å². The summed E-state index contributed by atoms with van der Waals surface area (Å²) in [5.41, 5.74) is 2.13. The SMILES string of the molecule is Cc1ccccc1SCC(=O)Nc1cccc(S(=O)(=O)N(C)c2ccccc2)c1. The first-order valence-corrected chi connectivity index (χ1v) is 11.4. The van der Waals surface area contributed by atoms with Gasteiger partial charge < -0.3 is 5.32 Å². The molecule has 0 aliphatic rings. The van der Waals surface area contributed by atoms with E-state index in [1.807, 2.05) is 37.3 Å². The molecule has 29 heavy (non-hydrogen) atoms. The van der Waals surface area contributed by atoms with Gasteiger partial charge in [-0.05, 0) is 48.9 Å². The molecular weight excluding hydrogens is 404 g/mol. The summed E-state index contributed by atoms with van der Waals surface area (Å²) in [4.78, 5) is 13.5. The zero-order chi connectivity index (χ0) is 20.9. The highest BCUT2D eigenvalue weighted by molar-refractivity contribution is 8.00. The number of anilines is 2. The van der Waals surface area contributed by atoms with E-state index in [9.17, 15) is 13.2 Å². The molecular formula is C22H22N2O3S2. The van der Waals surface area contributed by atoms with Crippen molar-refractivity contribution in [3.63, 3.8) is 0 Å². The predicted molar refractivity (Wildman–Crippen MR) is 119 cm³/mol. The van der Waals surface area contributed by atoms with Gasteiger partial charge in [-0.2, -0.15) is 0 Å². The number of nitrogens with zero attached hydrogens (tertiary/aromatic N) is 1. The molecule has 150 valence electrons. The zero-order valence-electron chi connectivity index (χ0n) is 16.2. The van der Waals surface area contributed by atoms with Crippen LogP contribution in [0.4, 0.5) is 11.4 Å². The van der Waals surface area contributed by atoms with E-state index in [4.69, 9.17) is 0 Å². The maximum Gasteiger partial charge on any atom is 0.264 e. The summed E-state index contributed by atoms with van der Waals surface area (Å²) < 4.78 is 27.1. The van der Waals surface area contributed by atoms with Gasteiger partial charge in [-0.1, -0.05) is 42.5 Å². The monoisotopic (exact) mass is 426 g/mol. The first-order chi connectivity index (χ1) is 13.9. The molecule has 0 unspecified atom stereocenters. The van der Waals surface area contributed by atoms with Gasteiger partial charge >= 0.3 is 0 Å². The molecule has 0 heterocycles. The van der Waals surface area contributed by atoms with Gasteiger partial charge in [0.2, 0.25) is 5.91 Å². The second-order valence-electron chi connectivity index (χ2n) is 6.44. The summed E-state index contributed by atoms with van der Waals surface area (Å²) in [7, 11) is -2.23. The van der Waals surface area contributed by atoms with Crippen LogP contribution in [0.15, 0.2) is 88.7 Å². The number of rotatable bonds is 7. The van der Waals surface area contributed by atoms with Crippen LogP contribution in [0.3, 0.4) is 0 Å². The smallest absolute Gasteiger partial charge is 0.264 e. The highest BCUT2D eigenvalue weighted by atomic mass is 32.2. The Labute approximate surface area is 175 Å². The van der Waals surface area contributed by atoms with Crippen LogP contribution in [-0.2, 0) is 14.8 Å². The molecule has 1 amide bonds. The second-order valence-corrected chi connectivity index (χ2v) is 9.42. The third kappa shape index (κ3) is 5.19. The molecule has 0 aliphatic heterocycles. The summed E-state index contributed by atoms with van der Waals surface area (Å²) in [6.45, 7) is 2.00. The zero-order valence-corrected chi connectivity index (χ0v) is 17.8. The number of sulfonamides is 1. The summed E-state index contributed by atoms with van der Waals surface area (Å²) in [6, 6.07) is 23.0. The van der Waals surface area contributed by atoms with Crippen LogP contribution in [0.2, 0.25) is 0 Å². The highest BCUT2D eigenvalue weighted by Crippen LogP contribution is 2.25. The molecule has 3 rings (SSSR count). The number of amides is 1. The molecule has 1 N–H and O–H groups in total. The topological polar surface area (TPSA) is 66.5 Å². The van der Waals surface area contributed by atoms with E-state index in [1.165, 1.54) is 35.2 Å². The number of hydrogen-bond acceptors (Lipinski definition) is 4. The highest BCUT2D eigenvalue weighted by Gasteiger charge is 2.21. The quantitative estimate of drug-likeness (QED) is 0.563. The van der Waals surface area contributed by atoms with Crippen LogP contribution in [0.5, 0.6) is 0 Å². The lowest BCUT2D eigenvalue weighted by Gasteiger charge is -2.19. The van der Waals surface area contributed by atoms with Gasteiger partial charge in [0.15, 0.2) is 0 Å². The van der Waals surface area contributed by atoms with Crippen LogP contribution in [0.25, 0.3) is 0 Å². The largest absolute Gasteiger partial charge is 0.325 e. The van der Waals surface area contributed by atoms with Crippen LogP contribution in [0.1, 0.15) is 5.56 Å². The van der Waals surface area contributed by atoms with Gasteiger partial charge in [0.05, 0.1) is 16.3 Å². The first-order valence-electron chi connectivity index (χ1n) is 9.00. The Balaban J connectivity index is 1.70. The van der Waals surface area contributed by atoms with Crippen molar-refractivity contribution in [2.45, 2.75) is 16.7 Å². The van der Waals surface area contributed by atoms with Crippen LogP contribution >= 0.6 is 11.8 Å². The Morgan fingerprint density at radius 1 is 0.966 bits per heavy atom. The van der Waals surface area contributed by atoms with E-state index in [2.05, 4.69) is 5.32 Å². The number of carbonyl (C=O) groups is 1. The number of aryl methyl sites for hydroxylation is 1. The van der Waals surface area contributed by atoms with Crippen molar-refractivity contribution in [3.8, 4) is 0 Å². The van der Waals surface area contributed by atoms with E-state index in [1.54, 1.807) is 36.4 Å². The van der Waals surface area contributed by atoms with Gasteiger partial charge in [0.25, 0.3) is 10.0 Å². The van der Waals surface area contributed by atoms with E-state index in [-0.39, 0.29) is 16.6 Å².